The van der Waals surface area contributed by atoms with Gasteiger partial charge in [-0.3, -0.25) is 4.79 Å². The number of nitrogens with zero attached hydrogens (tertiary/aromatic N) is 4. The van der Waals surface area contributed by atoms with E-state index in [1.165, 1.54) is 0 Å². The maximum atomic E-state index is 12.6. The Hall–Kier alpha value is -1.70. The lowest BCUT2D eigenvalue weighted by Crippen LogP contribution is -2.36. The third-order valence-corrected chi connectivity index (χ3v) is 5.96. The van der Waals surface area contributed by atoms with Crippen molar-refractivity contribution in [3.05, 3.63) is 18.0 Å². The minimum atomic E-state index is -2.98. The maximum Gasteiger partial charge on any atom is 0.272 e. The smallest absolute Gasteiger partial charge is 0.272 e. The van der Waals surface area contributed by atoms with Gasteiger partial charge in [-0.2, -0.15) is 0 Å². The first-order valence-electron chi connectivity index (χ1n) is 8.43. The van der Waals surface area contributed by atoms with Crippen LogP contribution in [-0.2, 0) is 9.84 Å². The Morgan fingerprint density at radius 1 is 1.29 bits per heavy atom. The van der Waals surface area contributed by atoms with Crippen molar-refractivity contribution in [2.75, 3.05) is 36.5 Å². The highest BCUT2D eigenvalue weighted by Crippen LogP contribution is 2.20. The number of amides is 1. The molecule has 2 heterocycles. The Labute approximate surface area is 144 Å². The van der Waals surface area contributed by atoms with E-state index in [9.17, 15) is 13.2 Å². The third-order valence-electron chi connectivity index (χ3n) is 4.21. The second kappa shape index (κ2) is 7.92. The number of rotatable bonds is 7. The molecule has 1 saturated heterocycles. The van der Waals surface area contributed by atoms with E-state index in [1.54, 1.807) is 29.1 Å². The van der Waals surface area contributed by atoms with Gasteiger partial charge in [0, 0.05) is 32.4 Å². The van der Waals surface area contributed by atoms with Gasteiger partial charge in [0.25, 0.3) is 5.91 Å². The summed E-state index contributed by atoms with van der Waals surface area (Å²) < 4.78 is 23.3. The molecule has 0 aliphatic carbocycles. The summed E-state index contributed by atoms with van der Waals surface area (Å²) in [5.74, 6) is 0.607. The molecular weight excluding hydrogens is 328 g/mol. The average molecular weight is 354 g/mol. The Bertz CT molecular complexity index is 672. The van der Waals surface area contributed by atoms with Crippen LogP contribution < -0.4 is 4.90 Å². The van der Waals surface area contributed by atoms with Crippen LogP contribution in [0.25, 0.3) is 0 Å². The van der Waals surface area contributed by atoms with E-state index in [0.29, 0.717) is 31.2 Å². The third kappa shape index (κ3) is 4.43. The van der Waals surface area contributed by atoms with Gasteiger partial charge in [0.05, 0.1) is 11.5 Å². The van der Waals surface area contributed by atoms with Gasteiger partial charge in [-0.1, -0.05) is 13.8 Å². The van der Waals surface area contributed by atoms with Crippen LogP contribution in [0.3, 0.4) is 0 Å². The Morgan fingerprint density at radius 2 is 1.96 bits per heavy atom. The molecule has 1 amide bonds. The van der Waals surface area contributed by atoms with Gasteiger partial charge in [0.2, 0.25) is 5.95 Å². The van der Waals surface area contributed by atoms with Crippen LogP contribution in [0.2, 0.25) is 0 Å². The molecule has 1 atom stereocenters. The Kier molecular flexibility index (Phi) is 6.15. The topological polar surface area (TPSA) is 83.5 Å². The molecule has 8 heteroatoms. The normalized spacial score (nSPS) is 19.2. The molecule has 134 valence electrons. The molecule has 24 heavy (non-hydrogen) atoms. The predicted octanol–water partition coefficient (Wildman–Crippen LogP) is 1.36. The molecule has 1 aromatic heterocycles. The largest absolute Gasteiger partial charge is 0.340 e. The molecule has 0 aromatic carbocycles. The van der Waals surface area contributed by atoms with E-state index in [1.807, 2.05) is 13.8 Å². The summed E-state index contributed by atoms with van der Waals surface area (Å²) in [6.07, 6.45) is 3.91. The number of hydrogen-bond donors (Lipinski definition) is 0. The first-order valence-corrected chi connectivity index (χ1v) is 10.3. The number of hydrogen-bond acceptors (Lipinski definition) is 6. The van der Waals surface area contributed by atoms with Crippen molar-refractivity contribution < 1.29 is 13.2 Å². The molecule has 1 fully saturated rings. The monoisotopic (exact) mass is 354 g/mol. The quantitative estimate of drug-likeness (QED) is 0.735. The van der Waals surface area contributed by atoms with E-state index in [2.05, 4.69) is 9.97 Å². The number of aromatic nitrogens is 2. The van der Waals surface area contributed by atoms with Crippen LogP contribution >= 0.6 is 0 Å². The molecule has 0 spiro atoms. The van der Waals surface area contributed by atoms with E-state index in [4.69, 9.17) is 0 Å². The maximum absolute atomic E-state index is 12.6. The molecule has 2 rings (SSSR count). The average Bonchev–Trinajstić information content (AvgIpc) is 2.93. The highest BCUT2D eigenvalue weighted by Gasteiger charge is 2.32. The molecular formula is C16H26N4O3S. The molecule has 0 bridgehead atoms. The van der Waals surface area contributed by atoms with Gasteiger partial charge < -0.3 is 9.80 Å². The SMILES string of the molecule is CCCN(CCC)C(=O)c1ccnc(N(C)C2CCS(=O)(=O)C2)n1. The molecule has 1 unspecified atom stereocenters. The Balaban J connectivity index is 2.17. The van der Waals surface area contributed by atoms with Gasteiger partial charge in [-0.05, 0) is 25.3 Å². The molecule has 0 N–H and O–H groups in total. The second-order valence-electron chi connectivity index (χ2n) is 6.20. The van der Waals surface area contributed by atoms with Crippen molar-refractivity contribution in [1.82, 2.24) is 14.9 Å². The minimum absolute atomic E-state index is 0.102. The summed E-state index contributed by atoms with van der Waals surface area (Å²) in [5.41, 5.74) is 0.356. The lowest BCUT2D eigenvalue weighted by Gasteiger charge is -2.24. The van der Waals surface area contributed by atoms with Crippen molar-refractivity contribution in [2.45, 2.75) is 39.2 Å². The lowest BCUT2D eigenvalue weighted by molar-refractivity contribution is 0.0749. The lowest BCUT2D eigenvalue weighted by atomic mass is 10.2. The van der Waals surface area contributed by atoms with Crippen molar-refractivity contribution in [3.63, 3.8) is 0 Å². The number of carbonyl (C=O) groups is 1. The minimum Gasteiger partial charge on any atom is -0.340 e. The highest BCUT2D eigenvalue weighted by molar-refractivity contribution is 7.91. The van der Waals surface area contributed by atoms with Crippen LogP contribution in [0.4, 0.5) is 5.95 Å². The second-order valence-corrected chi connectivity index (χ2v) is 8.43. The van der Waals surface area contributed by atoms with Crippen LogP contribution in [-0.4, -0.2) is 66.9 Å². The zero-order chi connectivity index (χ0) is 17.7. The number of anilines is 1. The summed E-state index contributed by atoms with van der Waals surface area (Å²) >= 11 is 0. The highest BCUT2D eigenvalue weighted by atomic mass is 32.2. The summed E-state index contributed by atoms with van der Waals surface area (Å²) in [5, 5.41) is 0. The summed E-state index contributed by atoms with van der Waals surface area (Å²) in [7, 11) is -1.19. The molecule has 7 nitrogen and oxygen atoms in total. The first kappa shape index (κ1) is 18.6. The number of carbonyl (C=O) groups excluding carboxylic acids is 1. The molecule has 0 saturated carbocycles. The van der Waals surface area contributed by atoms with Crippen LogP contribution in [0.5, 0.6) is 0 Å². The van der Waals surface area contributed by atoms with E-state index in [0.717, 1.165) is 12.8 Å². The molecule has 1 aliphatic heterocycles. The zero-order valence-corrected chi connectivity index (χ0v) is 15.4. The van der Waals surface area contributed by atoms with Crippen molar-refractivity contribution in [1.29, 1.82) is 0 Å². The first-order chi connectivity index (χ1) is 11.4. The van der Waals surface area contributed by atoms with Gasteiger partial charge >= 0.3 is 0 Å². The standard InChI is InChI=1S/C16H26N4O3S/c1-4-9-20(10-5-2)15(21)14-6-8-17-16(18-14)19(3)13-7-11-24(22,23)12-13/h6,8,13H,4-5,7,9-12H2,1-3H3. The van der Waals surface area contributed by atoms with Crippen molar-refractivity contribution in [3.8, 4) is 0 Å². The van der Waals surface area contributed by atoms with E-state index in [-0.39, 0.29) is 23.5 Å². The van der Waals surface area contributed by atoms with E-state index >= 15 is 0 Å². The van der Waals surface area contributed by atoms with Gasteiger partial charge in [0.15, 0.2) is 9.84 Å². The molecule has 1 aliphatic rings. The predicted molar refractivity (Wildman–Crippen MR) is 94.0 cm³/mol. The van der Waals surface area contributed by atoms with E-state index < -0.39 is 9.84 Å². The zero-order valence-electron chi connectivity index (χ0n) is 14.6. The number of sulfone groups is 1. The summed E-state index contributed by atoms with van der Waals surface area (Å²) in [6.45, 7) is 5.47. The van der Waals surface area contributed by atoms with Crippen LogP contribution in [0.1, 0.15) is 43.6 Å². The fraction of sp³-hybridized carbons (Fsp3) is 0.688. The summed E-state index contributed by atoms with van der Waals surface area (Å²) in [6, 6.07) is 1.48. The summed E-state index contributed by atoms with van der Waals surface area (Å²) in [4.78, 5) is 24.8. The fourth-order valence-electron chi connectivity index (χ4n) is 2.90. The Morgan fingerprint density at radius 3 is 2.50 bits per heavy atom. The van der Waals surface area contributed by atoms with Gasteiger partial charge in [0.1, 0.15) is 5.69 Å². The van der Waals surface area contributed by atoms with Crippen molar-refractivity contribution >= 4 is 21.7 Å². The molecule has 0 radical (unpaired) electrons. The van der Waals surface area contributed by atoms with Crippen LogP contribution in [0, 0.1) is 0 Å². The van der Waals surface area contributed by atoms with Crippen molar-refractivity contribution in [2.24, 2.45) is 0 Å². The molecule has 1 aromatic rings. The van der Waals surface area contributed by atoms with Gasteiger partial charge in [-0.25, -0.2) is 18.4 Å². The fourth-order valence-corrected chi connectivity index (χ4v) is 4.67. The van der Waals surface area contributed by atoms with Gasteiger partial charge in [-0.15, -0.1) is 0 Å². The van der Waals surface area contributed by atoms with Crippen LogP contribution in [0.15, 0.2) is 12.3 Å².